The molecule has 3 rings (SSSR count). The molecule has 4 nitrogen and oxygen atoms in total. The molecule has 130 valence electrons. The molecule has 1 aliphatic rings. The van der Waals surface area contributed by atoms with Crippen molar-refractivity contribution in [3.05, 3.63) is 35.1 Å². The molecule has 0 aromatic carbocycles. The van der Waals surface area contributed by atoms with E-state index in [2.05, 4.69) is 9.97 Å². The molecule has 0 N–H and O–H groups in total. The second-order valence-corrected chi connectivity index (χ2v) is 8.12. The van der Waals surface area contributed by atoms with Crippen molar-refractivity contribution in [1.82, 2.24) is 9.97 Å². The molecule has 1 saturated heterocycles. The summed E-state index contributed by atoms with van der Waals surface area (Å²) in [6.07, 6.45) is -0.982. The van der Waals surface area contributed by atoms with Crippen LogP contribution in [0.1, 0.15) is 30.7 Å². The fraction of sp³-hybridized carbons (Fsp3) is 0.467. The molecule has 0 spiro atoms. The number of anilines is 1. The zero-order valence-corrected chi connectivity index (χ0v) is 14.4. The van der Waals surface area contributed by atoms with Gasteiger partial charge in [0.25, 0.3) is 0 Å². The van der Waals surface area contributed by atoms with Crippen molar-refractivity contribution in [3.8, 4) is 0 Å². The summed E-state index contributed by atoms with van der Waals surface area (Å²) < 4.78 is 52.7. The first-order valence-corrected chi connectivity index (χ1v) is 9.75. The fourth-order valence-electron chi connectivity index (χ4n) is 2.61. The Kier molecular flexibility index (Phi) is 5.19. The van der Waals surface area contributed by atoms with Gasteiger partial charge in [0.15, 0.2) is 0 Å². The highest BCUT2D eigenvalue weighted by atomic mass is 32.2. The van der Waals surface area contributed by atoms with Gasteiger partial charge in [-0.1, -0.05) is 6.07 Å². The normalized spacial score (nSPS) is 17.0. The van der Waals surface area contributed by atoms with E-state index in [1.54, 1.807) is 22.4 Å². The van der Waals surface area contributed by atoms with E-state index in [1.165, 1.54) is 11.3 Å². The van der Waals surface area contributed by atoms with Gasteiger partial charge in [0, 0.05) is 19.3 Å². The lowest BCUT2D eigenvalue weighted by Crippen LogP contribution is -2.32. The Morgan fingerprint density at radius 3 is 2.62 bits per heavy atom. The molecular formula is C15H16F3N3OS2. The molecule has 2 aromatic heterocycles. The van der Waals surface area contributed by atoms with Crippen LogP contribution in [0, 0.1) is 0 Å². The number of nitrogens with zero attached hydrogens (tertiary/aromatic N) is 3. The van der Waals surface area contributed by atoms with Crippen molar-refractivity contribution in [2.24, 2.45) is 0 Å². The number of hydrogen-bond donors (Lipinski definition) is 0. The van der Waals surface area contributed by atoms with E-state index in [-0.39, 0.29) is 17.4 Å². The van der Waals surface area contributed by atoms with E-state index < -0.39 is 22.5 Å². The molecule has 9 heteroatoms. The molecule has 1 atom stereocenters. The molecule has 0 saturated carbocycles. The van der Waals surface area contributed by atoms with Crippen LogP contribution in [0.15, 0.2) is 27.9 Å². The van der Waals surface area contributed by atoms with Gasteiger partial charge in [-0.25, -0.2) is 9.97 Å². The SMILES string of the molecule is O=S(Cc1ncc(C(F)(F)F)c(N2CCCCC2)n1)c1cccs1. The highest BCUT2D eigenvalue weighted by molar-refractivity contribution is 7.86. The van der Waals surface area contributed by atoms with Crippen LogP contribution >= 0.6 is 11.3 Å². The zero-order valence-electron chi connectivity index (χ0n) is 12.8. The highest BCUT2D eigenvalue weighted by Crippen LogP contribution is 2.36. The maximum atomic E-state index is 13.3. The maximum Gasteiger partial charge on any atom is 0.421 e. The van der Waals surface area contributed by atoms with Crippen LogP contribution in [0.3, 0.4) is 0 Å². The average Bonchev–Trinajstić information content (AvgIpc) is 3.09. The fourth-order valence-corrected chi connectivity index (χ4v) is 4.57. The minimum absolute atomic E-state index is 0.0134. The summed E-state index contributed by atoms with van der Waals surface area (Å²) in [5.41, 5.74) is -0.824. The van der Waals surface area contributed by atoms with Crippen LogP contribution in [0.2, 0.25) is 0 Å². The van der Waals surface area contributed by atoms with Crippen LogP contribution < -0.4 is 4.90 Å². The van der Waals surface area contributed by atoms with E-state index in [4.69, 9.17) is 0 Å². The zero-order chi connectivity index (χ0) is 17.2. The van der Waals surface area contributed by atoms with Crippen LogP contribution in [-0.2, 0) is 22.7 Å². The Labute approximate surface area is 144 Å². The lowest BCUT2D eigenvalue weighted by Gasteiger charge is -2.29. The van der Waals surface area contributed by atoms with Gasteiger partial charge in [-0.3, -0.25) is 4.21 Å². The number of thiophene rings is 1. The predicted octanol–water partition coefficient (Wildman–Crippen LogP) is 3.86. The van der Waals surface area contributed by atoms with Crippen molar-refractivity contribution < 1.29 is 17.4 Å². The Morgan fingerprint density at radius 2 is 2.00 bits per heavy atom. The third kappa shape index (κ3) is 3.94. The number of hydrogen-bond acceptors (Lipinski definition) is 5. The molecule has 3 heterocycles. The molecule has 0 radical (unpaired) electrons. The summed E-state index contributed by atoms with van der Waals surface area (Å²) in [5.74, 6) is 0.102. The summed E-state index contributed by atoms with van der Waals surface area (Å²) in [6.45, 7) is 1.10. The number of rotatable bonds is 4. The summed E-state index contributed by atoms with van der Waals surface area (Å²) >= 11 is 1.34. The summed E-state index contributed by atoms with van der Waals surface area (Å²) in [4.78, 5) is 9.58. The van der Waals surface area contributed by atoms with Crippen molar-refractivity contribution in [2.45, 2.75) is 35.4 Å². The minimum Gasteiger partial charge on any atom is -0.356 e. The van der Waals surface area contributed by atoms with Gasteiger partial charge in [-0.15, -0.1) is 11.3 Å². The Bertz CT molecular complexity index is 713. The smallest absolute Gasteiger partial charge is 0.356 e. The van der Waals surface area contributed by atoms with Crippen LogP contribution in [0.25, 0.3) is 0 Å². The van der Waals surface area contributed by atoms with Gasteiger partial charge in [-0.2, -0.15) is 13.2 Å². The molecule has 24 heavy (non-hydrogen) atoms. The second-order valence-electron chi connectivity index (χ2n) is 5.49. The van der Waals surface area contributed by atoms with Gasteiger partial charge in [-0.05, 0) is 30.7 Å². The van der Waals surface area contributed by atoms with Gasteiger partial charge < -0.3 is 4.90 Å². The average molecular weight is 375 g/mol. The van der Waals surface area contributed by atoms with Crippen molar-refractivity contribution >= 4 is 28.0 Å². The second kappa shape index (κ2) is 7.18. The summed E-state index contributed by atoms with van der Waals surface area (Å²) in [6, 6.07) is 3.51. The van der Waals surface area contributed by atoms with E-state index in [0.717, 1.165) is 25.5 Å². The lowest BCUT2D eigenvalue weighted by molar-refractivity contribution is -0.137. The van der Waals surface area contributed by atoms with Crippen molar-refractivity contribution in [1.29, 1.82) is 0 Å². The number of aromatic nitrogens is 2. The molecule has 0 amide bonds. The molecule has 1 unspecified atom stereocenters. The van der Waals surface area contributed by atoms with Crippen LogP contribution in [0.5, 0.6) is 0 Å². The molecular weight excluding hydrogens is 359 g/mol. The third-order valence-electron chi connectivity index (χ3n) is 3.76. The van der Waals surface area contributed by atoms with Gasteiger partial charge in [0.05, 0.1) is 20.8 Å². The lowest BCUT2D eigenvalue weighted by atomic mass is 10.1. The Balaban J connectivity index is 1.90. The van der Waals surface area contributed by atoms with Crippen molar-refractivity contribution in [3.63, 3.8) is 0 Å². The number of halogens is 3. The van der Waals surface area contributed by atoms with E-state index in [1.807, 2.05) is 0 Å². The summed E-state index contributed by atoms with van der Waals surface area (Å²) in [5, 5.41) is 1.81. The first kappa shape index (κ1) is 17.3. The molecule has 2 aromatic rings. The monoisotopic (exact) mass is 375 g/mol. The first-order valence-electron chi connectivity index (χ1n) is 7.55. The van der Waals surface area contributed by atoms with Crippen LogP contribution in [-0.4, -0.2) is 27.3 Å². The van der Waals surface area contributed by atoms with Gasteiger partial charge in [0.2, 0.25) is 0 Å². The summed E-state index contributed by atoms with van der Waals surface area (Å²) in [7, 11) is -1.35. The van der Waals surface area contributed by atoms with Crippen LogP contribution in [0.4, 0.5) is 19.0 Å². The van der Waals surface area contributed by atoms with E-state index in [0.29, 0.717) is 17.3 Å². The molecule has 0 aliphatic carbocycles. The van der Waals surface area contributed by atoms with Gasteiger partial charge >= 0.3 is 6.18 Å². The molecule has 1 fully saturated rings. The number of alkyl halides is 3. The van der Waals surface area contributed by atoms with E-state index >= 15 is 0 Å². The minimum atomic E-state index is -4.50. The number of piperidine rings is 1. The van der Waals surface area contributed by atoms with E-state index in [9.17, 15) is 17.4 Å². The largest absolute Gasteiger partial charge is 0.421 e. The standard InChI is InChI=1S/C15H16F3N3OS2/c16-15(17,18)11-9-19-12(10-24(22)13-5-4-8-23-13)20-14(11)21-6-2-1-3-7-21/h4-5,8-9H,1-3,6-7,10H2. The molecule has 1 aliphatic heterocycles. The highest BCUT2D eigenvalue weighted by Gasteiger charge is 2.37. The Hall–Kier alpha value is -1.48. The van der Waals surface area contributed by atoms with Crippen molar-refractivity contribution in [2.75, 3.05) is 18.0 Å². The van der Waals surface area contributed by atoms with Gasteiger partial charge in [0.1, 0.15) is 17.2 Å². The maximum absolute atomic E-state index is 13.3. The topological polar surface area (TPSA) is 46.1 Å². The third-order valence-corrected chi connectivity index (χ3v) is 6.37. The molecule has 0 bridgehead atoms. The quantitative estimate of drug-likeness (QED) is 0.814. The predicted molar refractivity (Wildman–Crippen MR) is 87.5 cm³/mol. The first-order chi connectivity index (χ1) is 11.4. The Morgan fingerprint density at radius 1 is 1.25 bits per heavy atom.